The molecule has 0 radical (unpaired) electrons. The highest BCUT2D eigenvalue weighted by atomic mass is 32.2. The summed E-state index contributed by atoms with van der Waals surface area (Å²) < 4.78 is 33.6. The zero-order valence-corrected chi connectivity index (χ0v) is 15.0. The normalized spacial score (nSPS) is 14.6. The fourth-order valence-electron chi connectivity index (χ4n) is 2.85. The van der Waals surface area contributed by atoms with Crippen molar-refractivity contribution in [3.8, 4) is 5.75 Å². The molecule has 6 nitrogen and oxygen atoms in total. The first-order chi connectivity index (χ1) is 11.9. The van der Waals surface area contributed by atoms with Gasteiger partial charge < -0.3 is 9.64 Å². The highest BCUT2D eigenvalue weighted by molar-refractivity contribution is 7.92. The molecule has 2 aromatic carbocycles. The third kappa shape index (κ3) is 3.46. The number of carbonyl (C=O) groups is 1. The molecule has 25 heavy (non-hydrogen) atoms. The molecule has 2 aromatic rings. The Morgan fingerprint density at radius 3 is 2.56 bits per heavy atom. The van der Waals surface area contributed by atoms with E-state index in [-0.39, 0.29) is 16.6 Å². The quantitative estimate of drug-likeness (QED) is 0.889. The molecule has 1 N–H and O–H groups in total. The number of methoxy groups -OCH3 is 1. The summed E-state index contributed by atoms with van der Waals surface area (Å²) in [5, 5.41) is 0. The van der Waals surface area contributed by atoms with Crippen LogP contribution in [0.15, 0.2) is 47.4 Å². The van der Waals surface area contributed by atoms with Crippen molar-refractivity contribution < 1.29 is 17.9 Å². The summed E-state index contributed by atoms with van der Waals surface area (Å²) in [5.41, 5.74) is 1.89. The van der Waals surface area contributed by atoms with E-state index in [0.717, 1.165) is 12.0 Å². The van der Waals surface area contributed by atoms with Crippen LogP contribution in [0.4, 0.5) is 11.4 Å². The molecule has 1 saturated heterocycles. The average Bonchev–Trinajstić information content (AvgIpc) is 3.02. The van der Waals surface area contributed by atoms with Crippen LogP contribution >= 0.6 is 0 Å². The van der Waals surface area contributed by atoms with Crippen molar-refractivity contribution in [2.45, 2.75) is 24.7 Å². The van der Waals surface area contributed by atoms with E-state index >= 15 is 0 Å². The molecule has 7 heteroatoms. The summed E-state index contributed by atoms with van der Waals surface area (Å²) in [4.78, 5) is 13.6. The first-order valence-electron chi connectivity index (χ1n) is 7.99. The summed E-state index contributed by atoms with van der Waals surface area (Å²) in [7, 11) is -2.44. The Bertz CT molecular complexity index is 909. The zero-order chi connectivity index (χ0) is 18.0. The molecule has 1 aliphatic rings. The minimum Gasteiger partial charge on any atom is -0.495 e. The van der Waals surface area contributed by atoms with Crippen molar-refractivity contribution in [1.29, 1.82) is 0 Å². The van der Waals surface area contributed by atoms with Crippen LogP contribution in [0, 0.1) is 6.92 Å². The molecule has 0 saturated carbocycles. The van der Waals surface area contributed by atoms with Gasteiger partial charge in [0.2, 0.25) is 5.91 Å². The fraction of sp³-hybridized carbons (Fsp3) is 0.278. The second kappa shape index (κ2) is 6.76. The number of carbonyl (C=O) groups excluding carboxylic acids is 1. The van der Waals surface area contributed by atoms with E-state index in [0.29, 0.717) is 24.3 Å². The molecule has 0 aromatic heterocycles. The van der Waals surface area contributed by atoms with Crippen molar-refractivity contribution in [1.82, 2.24) is 0 Å². The lowest BCUT2D eigenvalue weighted by Gasteiger charge is -2.19. The van der Waals surface area contributed by atoms with Gasteiger partial charge in [0.05, 0.1) is 12.8 Å². The highest BCUT2D eigenvalue weighted by Gasteiger charge is 2.26. The molecule has 0 aliphatic carbocycles. The molecule has 1 fully saturated rings. The van der Waals surface area contributed by atoms with Gasteiger partial charge in [-0.25, -0.2) is 8.42 Å². The highest BCUT2D eigenvalue weighted by Crippen LogP contribution is 2.32. The fourth-order valence-corrected chi connectivity index (χ4v) is 4.17. The van der Waals surface area contributed by atoms with Gasteiger partial charge in [-0.3, -0.25) is 9.52 Å². The molecule has 0 spiro atoms. The summed E-state index contributed by atoms with van der Waals surface area (Å²) in [6, 6.07) is 11.9. The molecule has 0 bridgehead atoms. The Labute approximate surface area is 147 Å². The van der Waals surface area contributed by atoms with Crippen LogP contribution in [0.2, 0.25) is 0 Å². The number of nitrogens with zero attached hydrogens (tertiary/aromatic N) is 1. The molecule has 1 aliphatic heterocycles. The van der Waals surface area contributed by atoms with E-state index in [9.17, 15) is 13.2 Å². The van der Waals surface area contributed by atoms with Crippen LogP contribution in [-0.4, -0.2) is 28.0 Å². The number of sulfonamides is 1. The third-order valence-electron chi connectivity index (χ3n) is 4.21. The first-order valence-corrected chi connectivity index (χ1v) is 9.47. The number of ether oxygens (including phenoxy) is 1. The van der Waals surface area contributed by atoms with E-state index in [2.05, 4.69) is 4.72 Å². The number of hydrogen-bond donors (Lipinski definition) is 1. The van der Waals surface area contributed by atoms with Gasteiger partial charge in [0.25, 0.3) is 10.0 Å². The predicted octanol–water partition coefficient (Wildman–Crippen LogP) is 2.93. The van der Waals surface area contributed by atoms with Crippen LogP contribution in [0.5, 0.6) is 5.75 Å². The summed E-state index contributed by atoms with van der Waals surface area (Å²) in [6.07, 6.45) is 1.25. The minimum atomic E-state index is -3.86. The Kier molecular flexibility index (Phi) is 4.67. The van der Waals surface area contributed by atoms with E-state index in [1.807, 2.05) is 19.1 Å². The van der Waals surface area contributed by atoms with E-state index in [1.54, 1.807) is 29.2 Å². The molecule has 1 amide bonds. The van der Waals surface area contributed by atoms with E-state index in [1.165, 1.54) is 13.2 Å². The van der Waals surface area contributed by atoms with Crippen LogP contribution in [0.1, 0.15) is 18.4 Å². The van der Waals surface area contributed by atoms with Gasteiger partial charge in [-0.15, -0.1) is 0 Å². The van der Waals surface area contributed by atoms with Crippen molar-refractivity contribution in [2.75, 3.05) is 23.3 Å². The largest absolute Gasteiger partial charge is 0.495 e. The number of para-hydroxylation sites is 1. The second-order valence-corrected chi connectivity index (χ2v) is 7.56. The number of amides is 1. The Morgan fingerprint density at radius 2 is 1.92 bits per heavy atom. The number of rotatable bonds is 5. The van der Waals surface area contributed by atoms with Crippen LogP contribution in [-0.2, 0) is 14.8 Å². The third-order valence-corrected chi connectivity index (χ3v) is 5.60. The van der Waals surface area contributed by atoms with Gasteiger partial charge in [0.1, 0.15) is 10.6 Å². The smallest absolute Gasteiger partial charge is 0.265 e. The van der Waals surface area contributed by atoms with Crippen molar-refractivity contribution >= 4 is 27.3 Å². The van der Waals surface area contributed by atoms with Crippen molar-refractivity contribution in [3.63, 3.8) is 0 Å². The zero-order valence-electron chi connectivity index (χ0n) is 14.2. The minimum absolute atomic E-state index is 0.000350. The maximum Gasteiger partial charge on any atom is 0.265 e. The Hall–Kier alpha value is -2.54. The number of aryl methyl sites for hydroxylation is 1. The molecule has 0 atom stereocenters. The maximum atomic E-state index is 12.9. The summed E-state index contributed by atoms with van der Waals surface area (Å²) in [6.45, 7) is 2.42. The van der Waals surface area contributed by atoms with Gasteiger partial charge in [-0.1, -0.05) is 18.2 Å². The molecular formula is C18H20N2O4S. The van der Waals surface area contributed by atoms with Crippen LogP contribution < -0.4 is 14.4 Å². The monoisotopic (exact) mass is 360 g/mol. The Morgan fingerprint density at radius 1 is 1.16 bits per heavy atom. The van der Waals surface area contributed by atoms with Crippen molar-refractivity contribution in [3.05, 3.63) is 48.0 Å². The van der Waals surface area contributed by atoms with Gasteiger partial charge >= 0.3 is 0 Å². The maximum absolute atomic E-state index is 12.9. The molecule has 132 valence electrons. The van der Waals surface area contributed by atoms with E-state index in [4.69, 9.17) is 4.74 Å². The van der Waals surface area contributed by atoms with Crippen LogP contribution in [0.25, 0.3) is 0 Å². The molecule has 1 heterocycles. The van der Waals surface area contributed by atoms with Gasteiger partial charge in [0.15, 0.2) is 0 Å². The Balaban J connectivity index is 2.01. The first kappa shape index (κ1) is 17.3. The van der Waals surface area contributed by atoms with Gasteiger partial charge in [-0.05, 0) is 43.2 Å². The lowest BCUT2D eigenvalue weighted by Crippen LogP contribution is -2.24. The van der Waals surface area contributed by atoms with Crippen molar-refractivity contribution in [2.24, 2.45) is 0 Å². The van der Waals surface area contributed by atoms with Gasteiger partial charge in [0, 0.05) is 18.7 Å². The standard InChI is InChI=1S/C18H20N2O4S/c1-13-6-3-4-7-15(13)19-25(22,23)17-12-14(9-10-16(17)24-2)20-11-5-8-18(20)21/h3-4,6-7,9-10,12,19H,5,8,11H2,1-2H3. The topological polar surface area (TPSA) is 75.7 Å². The predicted molar refractivity (Wildman–Crippen MR) is 96.6 cm³/mol. The summed E-state index contributed by atoms with van der Waals surface area (Å²) in [5.74, 6) is 0.233. The van der Waals surface area contributed by atoms with Gasteiger partial charge in [-0.2, -0.15) is 0 Å². The van der Waals surface area contributed by atoms with E-state index < -0.39 is 10.0 Å². The molecule has 0 unspecified atom stereocenters. The molecule has 3 rings (SSSR count). The lowest BCUT2D eigenvalue weighted by molar-refractivity contribution is -0.117. The average molecular weight is 360 g/mol. The lowest BCUT2D eigenvalue weighted by atomic mass is 10.2. The molecular weight excluding hydrogens is 340 g/mol. The van der Waals surface area contributed by atoms with Crippen LogP contribution in [0.3, 0.4) is 0 Å². The number of hydrogen-bond acceptors (Lipinski definition) is 4. The second-order valence-electron chi connectivity index (χ2n) is 5.90. The SMILES string of the molecule is COc1ccc(N2CCCC2=O)cc1S(=O)(=O)Nc1ccccc1C. The summed E-state index contributed by atoms with van der Waals surface area (Å²) >= 11 is 0. The number of anilines is 2. The number of benzene rings is 2. The number of nitrogens with one attached hydrogen (secondary N) is 1.